The third-order valence-corrected chi connectivity index (χ3v) is 2.74. The molecule has 1 atom stereocenters. The number of nitrogens with zero attached hydrogens (tertiary/aromatic N) is 1. The molecule has 0 bridgehead atoms. The molecule has 1 aliphatic heterocycles. The van der Waals surface area contributed by atoms with Crippen molar-refractivity contribution in [3.8, 4) is 0 Å². The number of fused-ring (bicyclic) bond motifs is 1. The fraction of sp³-hybridized carbons (Fsp3) is 0.455. The number of carbonyl (C=O) groups excluding carboxylic acids is 2. The van der Waals surface area contributed by atoms with Crippen molar-refractivity contribution in [2.75, 3.05) is 22.5 Å². The number of hydrogen-bond donors (Lipinski definition) is 4. The number of aromatic nitrogens is 2. The van der Waals surface area contributed by atoms with Crippen molar-refractivity contribution in [1.29, 1.82) is 0 Å². The molecule has 1 aromatic heterocycles. The number of amides is 1. The van der Waals surface area contributed by atoms with E-state index in [1.165, 1.54) is 6.92 Å². The summed E-state index contributed by atoms with van der Waals surface area (Å²) < 4.78 is 0. The molecule has 0 aliphatic carbocycles. The van der Waals surface area contributed by atoms with Crippen molar-refractivity contribution in [3.05, 3.63) is 10.4 Å². The highest BCUT2D eigenvalue weighted by Crippen LogP contribution is 2.21. The lowest BCUT2D eigenvalue weighted by Crippen LogP contribution is -2.42. The van der Waals surface area contributed by atoms with Gasteiger partial charge in [-0.15, -0.1) is 0 Å². The Balaban J connectivity index is 2.29. The minimum atomic E-state index is -0.438. The maximum atomic E-state index is 11.9. The van der Waals surface area contributed by atoms with Gasteiger partial charge in [0.1, 0.15) is 11.7 Å². The summed E-state index contributed by atoms with van der Waals surface area (Å²) in [4.78, 5) is 40.9. The zero-order chi connectivity index (χ0) is 14.0. The fourth-order valence-corrected chi connectivity index (χ4v) is 1.83. The van der Waals surface area contributed by atoms with Crippen LogP contribution in [0.1, 0.15) is 20.3 Å². The molecule has 0 aromatic carbocycles. The minimum Gasteiger partial charge on any atom is -0.366 e. The molecule has 4 N–H and O–H groups in total. The maximum absolute atomic E-state index is 11.9. The van der Waals surface area contributed by atoms with Crippen LogP contribution in [0.15, 0.2) is 4.79 Å². The molecule has 1 unspecified atom stereocenters. The second kappa shape index (κ2) is 5.09. The third kappa shape index (κ3) is 2.72. The summed E-state index contributed by atoms with van der Waals surface area (Å²) in [5.74, 6) is 0.0906. The van der Waals surface area contributed by atoms with Gasteiger partial charge in [0.25, 0.3) is 5.56 Å². The number of Topliss-reactive ketones (excluding diaryl/α,β-unsaturated/α-hetero) is 1. The van der Waals surface area contributed by atoms with E-state index < -0.39 is 11.6 Å². The van der Waals surface area contributed by atoms with Crippen molar-refractivity contribution in [2.24, 2.45) is 0 Å². The largest absolute Gasteiger partial charge is 0.366 e. The molecule has 1 amide bonds. The van der Waals surface area contributed by atoms with Crippen LogP contribution < -0.4 is 21.5 Å². The fourth-order valence-electron chi connectivity index (χ4n) is 1.83. The second-order valence-corrected chi connectivity index (χ2v) is 4.22. The highest BCUT2D eigenvalue weighted by Gasteiger charge is 2.25. The summed E-state index contributed by atoms with van der Waals surface area (Å²) in [5, 5.41) is 8.18. The van der Waals surface area contributed by atoms with Crippen LogP contribution in [0.25, 0.3) is 0 Å². The summed E-state index contributed by atoms with van der Waals surface area (Å²) in [7, 11) is 0. The van der Waals surface area contributed by atoms with Gasteiger partial charge in [-0.05, 0) is 0 Å². The first-order valence-corrected chi connectivity index (χ1v) is 5.96. The molecule has 1 aromatic rings. The molecule has 8 nitrogen and oxygen atoms in total. The number of hydrogen-bond acceptors (Lipinski definition) is 6. The number of aromatic amines is 1. The first kappa shape index (κ1) is 13.1. The zero-order valence-electron chi connectivity index (χ0n) is 10.7. The van der Waals surface area contributed by atoms with E-state index in [9.17, 15) is 14.4 Å². The van der Waals surface area contributed by atoms with E-state index in [1.54, 1.807) is 6.92 Å². The molecule has 0 saturated heterocycles. The van der Waals surface area contributed by atoms with Crippen LogP contribution in [0.3, 0.4) is 0 Å². The topological polar surface area (TPSA) is 116 Å². The molecular weight excluding hydrogens is 250 g/mol. The predicted octanol–water partition coefficient (Wildman–Crippen LogP) is -0.0866. The third-order valence-electron chi connectivity index (χ3n) is 2.74. The smallest absolute Gasteiger partial charge is 0.277 e. The van der Waals surface area contributed by atoms with Crippen LogP contribution >= 0.6 is 0 Å². The van der Waals surface area contributed by atoms with E-state index in [2.05, 4.69) is 25.9 Å². The molecule has 2 rings (SSSR count). The maximum Gasteiger partial charge on any atom is 0.277 e. The number of rotatable bonds is 3. The average Bonchev–Trinajstić information content (AvgIpc) is 2.36. The van der Waals surface area contributed by atoms with E-state index >= 15 is 0 Å². The Morgan fingerprint density at radius 2 is 2.21 bits per heavy atom. The van der Waals surface area contributed by atoms with Gasteiger partial charge >= 0.3 is 0 Å². The molecule has 0 radical (unpaired) electrons. The summed E-state index contributed by atoms with van der Waals surface area (Å²) in [5.41, 5.74) is -0.220. The van der Waals surface area contributed by atoms with Crippen LogP contribution in [0.2, 0.25) is 0 Å². The van der Waals surface area contributed by atoms with E-state index in [4.69, 9.17) is 0 Å². The summed E-state index contributed by atoms with van der Waals surface area (Å²) >= 11 is 0. The van der Waals surface area contributed by atoms with Crippen molar-refractivity contribution in [3.63, 3.8) is 0 Å². The molecule has 8 heteroatoms. The Hall–Kier alpha value is -2.38. The molecular formula is C11H15N5O3. The standard InChI is InChI=1S/C11H15N5O3/c1-3-7(18)6-4-12-9-8(14-6)10(19)16-11(15-9)13-5(2)17/h6,14H,3-4H2,1-2H3,(H3,12,13,15,16,17,19). The zero-order valence-corrected chi connectivity index (χ0v) is 10.7. The summed E-state index contributed by atoms with van der Waals surface area (Å²) in [6.07, 6.45) is 0.393. The number of nitrogens with one attached hydrogen (secondary N) is 4. The van der Waals surface area contributed by atoms with Crippen molar-refractivity contribution in [1.82, 2.24) is 9.97 Å². The van der Waals surface area contributed by atoms with Gasteiger partial charge in [-0.2, -0.15) is 4.98 Å². The van der Waals surface area contributed by atoms with Crippen LogP contribution in [-0.2, 0) is 9.59 Å². The normalized spacial score (nSPS) is 16.8. The molecule has 0 saturated carbocycles. The summed E-state index contributed by atoms with van der Waals surface area (Å²) in [6, 6.07) is -0.438. The van der Waals surface area contributed by atoms with E-state index in [1.807, 2.05) is 0 Å². The predicted molar refractivity (Wildman–Crippen MR) is 70.4 cm³/mol. The van der Waals surface area contributed by atoms with Gasteiger partial charge in [-0.1, -0.05) is 6.92 Å². The van der Waals surface area contributed by atoms with E-state index in [0.717, 1.165) is 0 Å². The Morgan fingerprint density at radius 1 is 1.47 bits per heavy atom. The van der Waals surface area contributed by atoms with Crippen LogP contribution in [0.4, 0.5) is 17.5 Å². The highest BCUT2D eigenvalue weighted by atomic mass is 16.2. The second-order valence-electron chi connectivity index (χ2n) is 4.22. The Labute approximate surface area is 109 Å². The van der Waals surface area contributed by atoms with Crippen LogP contribution in [0, 0.1) is 0 Å². The molecule has 0 spiro atoms. The van der Waals surface area contributed by atoms with Crippen molar-refractivity contribution < 1.29 is 9.59 Å². The quantitative estimate of drug-likeness (QED) is 0.607. The van der Waals surface area contributed by atoms with Gasteiger partial charge in [0.15, 0.2) is 11.6 Å². The average molecular weight is 265 g/mol. The van der Waals surface area contributed by atoms with Crippen LogP contribution in [-0.4, -0.2) is 34.2 Å². The Morgan fingerprint density at radius 3 is 2.84 bits per heavy atom. The van der Waals surface area contributed by atoms with Gasteiger partial charge in [-0.25, -0.2) is 0 Å². The van der Waals surface area contributed by atoms with Gasteiger partial charge < -0.3 is 10.6 Å². The number of anilines is 3. The van der Waals surface area contributed by atoms with Crippen molar-refractivity contribution in [2.45, 2.75) is 26.3 Å². The molecule has 19 heavy (non-hydrogen) atoms. The summed E-state index contributed by atoms with van der Waals surface area (Å²) in [6.45, 7) is 3.44. The monoisotopic (exact) mass is 265 g/mol. The first-order chi connectivity index (χ1) is 9.01. The van der Waals surface area contributed by atoms with Crippen LogP contribution in [0.5, 0.6) is 0 Å². The Kier molecular flexibility index (Phi) is 3.50. The molecule has 1 aliphatic rings. The Bertz CT molecular complexity index is 580. The lowest BCUT2D eigenvalue weighted by atomic mass is 10.1. The lowest BCUT2D eigenvalue weighted by Gasteiger charge is -2.25. The molecule has 2 heterocycles. The van der Waals surface area contributed by atoms with Crippen molar-refractivity contribution >= 4 is 29.1 Å². The lowest BCUT2D eigenvalue weighted by molar-refractivity contribution is -0.119. The van der Waals surface area contributed by atoms with Gasteiger partial charge in [0.05, 0.1) is 0 Å². The first-order valence-electron chi connectivity index (χ1n) is 5.96. The minimum absolute atomic E-state index is 0.0171. The number of carbonyl (C=O) groups is 2. The highest BCUT2D eigenvalue weighted by molar-refractivity contribution is 5.90. The van der Waals surface area contributed by atoms with E-state index in [0.29, 0.717) is 18.8 Å². The number of ketones is 1. The number of H-pyrrole nitrogens is 1. The van der Waals surface area contributed by atoms with E-state index in [-0.39, 0.29) is 23.3 Å². The van der Waals surface area contributed by atoms with Gasteiger partial charge in [-0.3, -0.25) is 24.7 Å². The molecule has 0 fully saturated rings. The molecule has 102 valence electrons. The van der Waals surface area contributed by atoms with Gasteiger partial charge in [0.2, 0.25) is 11.9 Å². The van der Waals surface area contributed by atoms with Gasteiger partial charge in [0, 0.05) is 19.9 Å². The SMILES string of the molecule is CCC(=O)C1CNc2nc(NC(C)=O)[nH]c(=O)c2N1.